The third kappa shape index (κ3) is 3.56. The molecule has 1 saturated heterocycles. The first-order valence-corrected chi connectivity index (χ1v) is 9.40. The summed E-state index contributed by atoms with van der Waals surface area (Å²) in [7, 11) is -3.04. The molecular formula is C15H23N3O2S. The van der Waals surface area contributed by atoms with Crippen molar-refractivity contribution in [3.8, 4) is 0 Å². The minimum atomic E-state index is -3.04. The Balaban J connectivity index is 1.61. The van der Waals surface area contributed by atoms with E-state index in [1.165, 1.54) is 29.5 Å². The van der Waals surface area contributed by atoms with Crippen LogP contribution in [-0.4, -0.2) is 56.6 Å². The van der Waals surface area contributed by atoms with Gasteiger partial charge in [-0.2, -0.15) is 4.31 Å². The van der Waals surface area contributed by atoms with E-state index in [1.807, 2.05) is 0 Å². The average molecular weight is 309 g/mol. The number of nitrogens with one attached hydrogen (secondary N) is 1. The van der Waals surface area contributed by atoms with E-state index in [0.717, 1.165) is 32.6 Å². The first-order valence-electron chi connectivity index (χ1n) is 7.55. The Morgan fingerprint density at radius 3 is 2.67 bits per heavy atom. The molecule has 3 rings (SSSR count). The molecule has 2 aliphatic rings. The molecule has 0 aromatic heterocycles. The van der Waals surface area contributed by atoms with Crippen molar-refractivity contribution < 1.29 is 8.42 Å². The van der Waals surface area contributed by atoms with Gasteiger partial charge in [-0.3, -0.25) is 4.90 Å². The fraction of sp³-hybridized carbons (Fsp3) is 0.600. The maximum absolute atomic E-state index is 11.5. The molecule has 0 spiro atoms. The lowest BCUT2D eigenvalue weighted by Gasteiger charge is -2.33. The van der Waals surface area contributed by atoms with Gasteiger partial charge in [-0.05, 0) is 30.0 Å². The zero-order valence-electron chi connectivity index (χ0n) is 12.5. The number of piperazine rings is 1. The molecule has 21 heavy (non-hydrogen) atoms. The highest BCUT2D eigenvalue weighted by Gasteiger charge is 2.23. The van der Waals surface area contributed by atoms with Gasteiger partial charge in [-0.25, -0.2) is 8.42 Å². The predicted octanol–water partition coefficient (Wildman–Crippen LogP) is 1.12. The highest BCUT2D eigenvalue weighted by atomic mass is 32.2. The van der Waals surface area contributed by atoms with Crippen LogP contribution in [0.4, 0.5) is 5.69 Å². The van der Waals surface area contributed by atoms with Crippen molar-refractivity contribution in [3.63, 3.8) is 0 Å². The zero-order chi connectivity index (χ0) is 14.9. The van der Waals surface area contributed by atoms with E-state index in [4.69, 9.17) is 0 Å². The highest BCUT2D eigenvalue weighted by molar-refractivity contribution is 7.88. The summed E-state index contributed by atoms with van der Waals surface area (Å²) in [4.78, 5) is 2.33. The van der Waals surface area contributed by atoms with Gasteiger partial charge in [0.05, 0.1) is 6.26 Å². The summed E-state index contributed by atoms with van der Waals surface area (Å²) in [5.41, 5.74) is 4.01. The second kappa shape index (κ2) is 5.94. The molecule has 0 saturated carbocycles. The smallest absolute Gasteiger partial charge is 0.211 e. The van der Waals surface area contributed by atoms with Crippen LogP contribution in [0.5, 0.6) is 0 Å². The van der Waals surface area contributed by atoms with Gasteiger partial charge < -0.3 is 5.32 Å². The van der Waals surface area contributed by atoms with Crippen molar-refractivity contribution in [2.45, 2.75) is 19.4 Å². The van der Waals surface area contributed by atoms with Crippen molar-refractivity contribution in [1.82, 2.24) is 9.21 Å². The molecule has 0 aliphatic carbocycles. The van der Waals surface area contributed by atoms with Crippen LogP contribution >= 0.6 is 0 Å². The van der Waals surface area contributed by atoms with Crippen LogP contribution in [0.2, 0.25) is 0 Å². The Kier molecular flexibility index (Phi) is 4.19. The summed E-state index contributed by atoms with van der Waals surface area (Å²) < 4.78 is 24.6. The van der Waals surface area contributed by atoms with Gasteiger partial charge in [0.1, 0.15) is 0 Å². The Morgan fingerprint density at radius 1 is 1.19 bits per heavy atom. The maximum Gasteiger partial charge on any atom is 0.211 e. The number of aryl methyl sites for hydroxylation is 1. The number of hydrogen-bond acceptors (Lipinski definition) is 4. The first-order chi connectivity index (χ1) is 10.0. The molecule has 0 radical (unpaired) electrons. The fourth-order valence-corrected chi connectivity index (χ4v) is 3.93. The molecule has 0 bridgehead atoms. The summed E-state index contributed by atoms with van der Waals surface area (Å²) in [5.74, 6) is 0. The molecule has 1 fully saturated rings. The standard InChI is InChI=1S/C15H23N3O2S/c1-21(19,20)18-9-7-17(8-10-18)12-13-4-5-15-14(11-13)3-2-6-16-15/h4-5,11,16H,2-3,6-10,12H2,1H3. The topological polar surface area (TPSA) is 52.7 Å². The molecule has 2 aliphatic heterocycles. The van der Waals surface area contributed by atoms with Gasteiger partial charge >= 0.3 is 0 Å². The largest absolute Gasteiger partial charge is 0.385 e. The Labute approximate surface area is 127 Å². The predicted molar refractivity (Wildman–Crippen MR) is 84.9 cm³/mol. The number of sulfonamides is 1. The van der Waals surface area contributed by atoms with Gasteiger partial charge in [0.2, 0.25) is 10.0 Å². The van der Waals surface area contributed by atoms with Crippen LogP contribution in [0.3, 0.4) is 0 Å². The molecule has 116 valence electrons. The summed E-state index contributed by atoms with van der Waals surface area (Å²) >= 11 is 0. The fourth-order valence-electron chi connectivity index (χ4n) is 3.10. The highest BCUT2D eigenvalue weighted by Crippen LogP contribution is 2.23. The monoisotopic (exact) mass is 309 g/mol. The molecule has 6 heteroatoms. The van der Waals surface area contributed by atoms with Gasteiger partial charge in [-0.1, -0.05) is 12.1 Å². The van der Waals surface area contributed by atoms with Crippen LogP contribution in [0.1, 0.15) is 17.5 Å². The van der Waals surface area contributed by atoms with Crippen molar-refractivity contribution in [1.29, 1.82) is 0 Å². The van der Waals surface area contributed by atoms with Crippen LogP contribution in [0.15, 0.2) is 18.2 Å². The van der Waals surface area contributed by atoms with Crippen molar-refractivity contribution in [2.24, 2.45) is 0 Å². The number of hydrogen-bond donors (Lipinski definition) is 1. The van der Waals surface area contributed by atoms with E-state index in [2.05, 4.69) is 28.4 Å². The van der Waals surface area contributed by atoms with E-state index >= 15 is 0 Å². The molecular weight excluding hydrogens is 286 g/mol. The molecule has 1 aromatic rings. The number of nitrogens with zero attached hydrogens (tertiary/aromatic N) is 2. The van der Waals surface area contributed by atoms with E-state index in [0.29, 0.717) is 13.1 Å². The van der Waals surface area contributed by atoms with Gasteiger partial charge in [0.25, 0.3) is 0 Å². The molecule has 0 atom stereocenters. The van der Waals surface area contributed by atoms with Crippen LogP contribution in [-0.2, 0) is 23.0 Å². The van der Waals surface area contributed by atoms with E-state index < -0.39 is 10.0 Å². The zero-order valence-corrected chi connectivity index (χ0v) is 13.3. The maximum atomic E-state index is 11.5. The summed E-state index contributed by atoms with van der Waals surface area (Å²) in [6.07, 6.45) is 3.64. The van der Waals surface area contributed by atoms with Crippen molar-refractivity contribution in [3.05, 3.63) is 29.3 Å². The lowest BCUT2D eigenvalue weighted by atomic mass is 10.0. The molecule has 5 nitrogen and oxygen atoms in total. The molecule has 0 amide bonds. The lowest BCUT2D eigenvalue weighted by Crippen LogP contribution is -2.47. The van der Waals surface area contributed by atoms with Crippen LogP contribution in [0, 0.1) is 0 Å². The van der Waals surface area contributed by atoms with Crippen molar-refractivity contribution in [2.75, 3.05) is 44.3 Å². The molecule has 2 heterocycles. The van der Waals surface area contributed by atoms with E-state index in [-0.39, 0.29) is 0 Å². The molecule has 0 unspecified atom stereocenters. The van der Waals surface area contributed by atoms with E-state index in [1.54, 1.807) is 4.31 Å². The Bertz CT molecular complexity index is 607. The number of benzene rings is 1. The van der Waals surface area contributed by atoms with Gasteiger partial charge in [0, 0.05) is 45.0 Å². The van der Waals surface area contributed by atoms with E-state index in [9.17, 15) is 8.42 Å². The second-order valence-electron chi connectivity index (χ2n) is 5.96. The number of anilines is 1. The number of rotatable bonds is 3. The summed E-state index contributed by atoms with van der Waals surface area (Å²) in [6, 6.07) is 6.65. The SMILES string of the molecule is CS(=O)(=O)N1CCN(Cc2ccc3c(c2)CCCN3)CC1. The van der Waals surface area contributed by atoms with Gasteiger partial charge in [-0.15, -0.1) is 0 Å². The van der Waals surface area contributed by atoms with Crippen molar-refractivity contribution >= 4 is 15.7 Å². The second-order valence-corrected chi connectivity index (χ2v) is 7.94. The molecule has 1 N–H and O–H groups in total. The normalized spacial score (nSPS) is 20.8. The third-order valence-corrected chi connectivity index (χ3v) is 5.62. The van der Waals surface area contributed by atoms with Crippen LogP contribution < -0.4 is 5.32 Å². The number of fused-ring (bicyclic) bond motifs is 1. The molecule has 1 aromatic carbocycles. The first kappa shape index (κ1) is 14.8. The van der Waals surface area contributed by atoms with Gasteiger partial charge in [0.15, 0.2) is 0 Å². The minimum Gasteiger partial charge on any atom is -0.385 e. The lowest BCUT2D eigenvalue weighted by molar-refractivity contribution is 0.182. The Hall–Kier alpha value is -1.11. The van der Waals surface area contributed by atoms with Crippen LogP contribution in [0.25, 0.3) is 0 Å². The summed E-state index contributed by atoms with van der Waals surface area (Å²) in [6.45, 7) is 4.80. The third-order valence-electron chi connectivity index (χ3n) is 4.31. The average Bonchev–Trinajstić information content (AvgIpc) is 2.47. The minimum absolute atomic E-state index is 0.603. The quantitative estimate of drug-likeness (QED) is 0.909. The summed E-state index contributed by atoms with van der Waals surface area (Å²) in [5, 5.41) is 3.43. The Morgan fingerprint density at radius 2 is 1.95 bits per heavy atom.